The van der Waals surface area contributed by atoms with Crippen LogP contribution in [0.2, 0.25) is 0 Å². The maximum atomic E-state index is 14.3. The first-order valence-corrected chi connectivity index (χ1v) is 11.9. The molecule has 0 spiro atoms. The van der Waals surface area contributed by atoms with Gasteiger partial charge in [0.1, 0.15) is 11.6 Å². The summed E-state index contributed by atoms with van der Waals surface area (Å²) in [7, 11) is 1.25. The molecule has 1 aliphatic rings. The largest absolute Gasteiger partial charge is 0.466 e. The molecule has 37 heavy (non-hydrogen) atoms. The van der Waals surface area contributed by atoms with Gasteiger partial charge in [0.15, 0.2) is 4.80 Å². The van der Waals surface area contributed by atoms with Gasteiger partial charge < -0.3 is 13.9 Å². The second-order valence-corrected chi connectivity index (χ2v) is 9.04. The molecular formula is C27H19FN2O6S. The molecule has 0 saturated carbocycles. The molecule has 0 aliphatic carbocycles. The average molecular weight is 519 g/mol. The van der Waals surface area contributed by atoms with Gasteiger partial charge in [-0.3, -0.25) is 9.36 Å². The number of hydrogen-bond acceptors (Lipinski definition) is 8. The van der Waals surface area contributed by atoms with E-state index in [0.29, 0.717) is 16.1 Å². The summed E-state index contributed by atoms with van der Waals surface area (Å²) >= 11 is 1.09. The standard InChI is InChI=1S/C27H19FN2O6S/c1-15-22(26(33)34-2)23(16-9-11-18(12-10-16)36-25(32)20-8-5-13-35-20)30-24(31)21(37-27(30)29-15)14-17-6-3-4-7-19(17)28/h3-14,23H,1-2H3/b21-14-/t23-/m0/s1. The van der Waals surface area contributed by atoms with Crippen LogP contribution in [0.4, 0.5) is 4.39 Å². The lowest BCUT2D eigenvalue weighted by molar-refractivity contribution is -0.136. The number of thiazole rings is 1. The predicted octanol–water partition coefficient (Wildman–Crippen LogP) is 3.36. The minimum Gasteiger partial charge on any atom is -0.466 e. The third-order valence-corrected chi connectivity index (χ3v) is 6.73. The molecule has 0 amide bonds. The summed E-state index contributed by atoms with van der Waals surface area (Å²) in [4.78, 5) is 43.3. The molecule has 0 radical (unpaired) electrons. The zero-order valence-electron chi connectivity index (χ0n) is 19.6. The van der Waals surface area contributed by atoms with Crippen molar-refractivity contribution in [1.82, 2.24) is 4.57 Å². The molecule has 1 atom stereocenters. The van der Waals surface area contributed by atoms with Crippen LogP contribution in [0.1, 0.15) is 34.6 Å². The highest BCUT2D eigenvalue weighted by Crippen LogP contribution is 2.31. The number of benzene rings is 2. The number of rotatable bonds is 5. The summed E-state index contributed by atoms with van der Waals surface area (Å²) in [6.45, 7) is 1.66. The van der Waals surface area contributed by atoms with Crippen molar-refractivity contribution < 1.29 is 27.9 Å². The highest BCUT2D eigenvalue weighted by molar-refractivity contribution is 7.07. The molecule has 4 aromatic rings. The smallest absolute Gasteiger partial charge is 0.379 e. The molecule has 0 fully saturated rings. The fourth-order valence-electron chi connectivity index (χ4n) is 4.01. The van der Waals surface area contributed by atoms with E-state index in [1.165, 1.54) is 36.1 Å². The van der Waals surface area contributed by atoms with E-state index in [9.17, 15) is 18.8 Å². The molecule has 5 rings (SSSR count). The van der Waals surface area contributed by atoms with Crippen LogP contribution < -0.4 is 19.6 Å². The van der Waals surface area contributed by atoms with Gasteiger partial charge in [-0.15, -0.1) is 0 Å². The van der Waals surface area contributed by atoms with Crippen LogP contribution in [0.5, 0.6) is 5.75 Å². The summed E-state index contributed by atoms with van der Waals surface area (Å²) < 4.78 is 31.3. The Bertz CT molecular complexity index is 1720. The molecule has 0 saturated heterocycles. The number of furan rings is 1. The molecule has 1 aliphatic heterocycles. The van der Waals surface area contributed by atoms with Gasteiger partial charge in [-0.05, 0) is 48.9 Å². The fourth-order valence-corrected chi connectivity index (χ4v) is 5.05. The van der Waals surface area contributed by atoms with Crippen molar-refractivity contribution in [3.05, 3.63) is 121 Å². The maximum absolute atomic E-state index is 14.3. The number of aromatic nitrogens is 1. The van der Waals surface area contributed by atoms with Crippen LogP contribution in [0.3, 0.4) is 0 Å². The van der Waals surface area contributed by atoms with Gasteiger partial charge in [0.2, 0.25) is 5.76 Å². The lowest BCUT2D eigenvalue weighted by atomic mass is 9.96. The number of hydrogen-bond donors (Lipinski definition) is 0. The topological polar surface area (TPSA) is 100 Å². The van der Waals surface area contributed by atoms with Crippen molar-refractivity contribution in [2.24, 2.45) is 4.99 Å². The van der Waals surface area contributed by atoms with E-state index in [-0.39, 0.29) is 27.2 Å². The van der Waals surface area contributed by atoms with E-state index in [2.05, 4.69) is 4.99 Å². The SMILES string of the molecule is COC(=O)C1=C(C)N=c2s/c(=C\c3ccccc3F)c(=O)n2[C@H]1c1ccc(OC(=O)c2ccco2)cc1. The molecule has 2 aromatic heterocycles. The quantitative estimate of drug-likeness (QED) is 0.297. The lowest BCUT2D eigenvalue weighted by Gasteiger charge is -2.24. The maximum Gasteiger partial charge on any atom is 0.379 e. The van der Waals surface area contributed by atoms with Gasteiger partial charge in [-0.25, -0.2) is 19.0 Å². The first-order valence-electron chi connectivity index (χ1n) is 11.1. The highest BCUT2D eigenvalue weighted by Gasteiger charge is 2.33. The summed E-state index contributed by atoms with van der Waals surface area (Å²) in [5.74, 6) is -1.46. The van der Waals surface area contributed by atoms with E-state index in [0.717, 1.165) is 11.3 Å². The Balaban J connectivity index is 1.60. The molecular weight excluding hydrogens is 499 g/mol. The second kappa shape index (κ2) is 9.82. The first-order chi connectivity index (χ1) is 17.9. The molecule has 10 heteroatoms. The van der Waals surface area contributed by atoms with E-state index in [1.54, 1.807) is 55.5 Å². The van der Waals surface area contributed by atoms with Gasteiger partial charge in [0.25, 0.3) is 5.56 Å². The summed E-state index contributed by atoms with van der Waals surface area (Å²) in [6.07, 6.45) is 2.83. The van der Waals surface area contributed by atoms with E-state index >= 15 is 0 Å². The van der Waals surface area contributed by atoms with Crippen LogP contribution in [0.25, 0.3) is 6.08 Å². The summed E-state index contributed by atoms with van der Waals surface area (Å²) in [5.41, 5.74) is 0.970. The van der Waals surface area contributed by atoms with Crippen LogP contribution in [0, 0.1) is 5.82 Å². The zero-order valence-corrected chi connectivity index (χ0v) is 20.5. The number of halogens is 1. The molecule has 0 bridgehead atoms. The number of carbonyl (C=O) groups excluding carboxylic acids is 2. The Hall–Kier alpha value is -4.57. The van der Waals surface area contributed by atoms with Crippen LogP contribution in [-0.4, -0.2) is 23.6 Å². The Labute approximate surface area is 213 Å². The predicted molar refractivity (Wildman–Crippen MR) is 132 cm³/mol. The van der Waals surface area contributed by atoms with Crippen LogP contribution in [-0.2, 0) is 9.53 Å². The van der Waals surface area contributed by atoms with E-state index in [1.807, 2.05) is 0 Å². The van der Waals surface area contributed by atoms with E-state index in [4.69, 9.17) is 13.9 Å². The Morgan fingerprint density at radius 1 is 1.08 bits per heavy atom. The van der Waals surface area contributed by atoms with Crippen molar-refractivity contribution >= 4 is 29.4 Å². The Morgan fingerprint density at radius 3 is 2.51 bits per heavy atom. The summed E-state index contributed by atoms with van der Waals surface area (Å²) in [6, 6.07) is 14.7. The summed E-state index contributed by atoms with van der Waals surface area (Å²) in [5, 5.41) is 0. The van der Waals surface area contributed by atoms with Gasteiger partial charge in [0, 0.05) is 5.56 Å². The highest BCUT2D eigenvalue weighted by atomic mass is 32.1. The van der Waals surface area contributed by atoms with Crippen molar-refractivity contribution in [3.8, 4) is 5.75 Å². The zero-order chi connectivity index (χ0) is 26.1. The molecule has 3 heterocycles. The number of carbonyl (C=O) groups is 2. The number of nitrogens with zero attached hydrogens (tertiary/aromatic N) is 2. The normalized spacial score (nSPS) is 15.2. The van der Waals surface area contributed by atoms with Gasteiger partial charge in [0.05, 0.1) is 35.2 Å². The molecule has 186 valence electrons. The number of allylic oxidation sites excluding steroid dienone is 1. The van der Waals surface area contributed by atoms with Gasteiger partial charge in [-0.2, -0.15) is 0 Å². The second-order valence-electron chi connectivity index (χ2n) is 8.03. The molecule has 2 aromatic carbocycles. The van der Waals surface area contributed by atoms with Crippen molar-refractivity contribution in [1.29, 1.82) is 0 Å². The number of fused-ring (bicyclic) bond motifs is 1. The van der Waals surface area contributed by atoms with Crippen LogP contribution in [0.15, 0.2) is 92.4 Å². The lowest BCUT2D eigenvalue weighted by Crippen LogP contribution is -2.39. The van der Waals surface area contributed by atoms with Crippen molar-refractivity contribution in [2.75, 3.05) is 7.11 Å². The molecule has 0 N–H and O–H groups in total. The number of ether oxygens (including phenoxy) is 2. The first kappa shape index (κ1) is 24.1. The third-order valence-electron chi connectivity index (χ3n) is 5.75. The van der Waals surface area contributed by atoms with Gasteiger partial charge in [-0.1, -0.05) is 41.7 Å². The number of esters is 2. The minimum atomic E-state index is -0.860. The molecule has 0 unspecified atom stereocenters. The fraction of sp³-hybridized carbons (Fsp3) is 0.111. The van der Waals surface area contributed by atoms with Crippen molar-refractivity contribution in [3.63, 3.8) is 0 Å². The van der Waals surface area contributed by atoms with Crippen LogP contribution >= 0.6 is 11.3 Å². The van der Waals surface area contributed by atoms with Gasteiger partial charge >= 0.3 is 11.9 Å². The Morgan fingerprint density at radius 2 is 1.84 bits per heavy atom. The monoisotopic (exact) mass is 518 g/mol. The van der Waals surface area contributed by atoms with Crippen molar-refractivity contribution in [2.45, 2.75) is 13.0 Å². The minimum absolute atomic E-state index is 0.0533. The average Bonchev–Trinajstić information content (AvgIpc) is 3.54. The Kier molecular flexibility index (Phi) is 6.41. The number of methoxy groups -OCH3 is 1. The molecule has 8 nitrogen and oxygen atoms in total. The van der Waals surface area contributed by atoms with E-state index < -0.39 is 29.4 Å². The third kappa shape index (κ3) is 4.54.